The third-order valence-electron chi connectivity index (χ3n) is 3.31. The Balaban J connectivity index is 2.13. The Hall–Kier alpha value is -1.31. The average molecular weight is 274 g/mol. The highest BCUT2D eigenvalue weighted by molar-refractivity contribution is 6.30. The molecule has 0 fully saturated rings. The van der Waals surface area contributed by atoms with Crippen molar-refractivity contribution in [3.63, 3.8) is 0 Å². The number of likely N-dealkylation sites (N-methyl/N-ethyl adjacent to an activating group) is 1. The van der Waals surface area contributed by atoms with Crippen LogP contribution in [0, 0.1) is 0 Å². The Morgan fingerprint density at radius 2 is 1.68 bits per heavy atom. The van der Waals surface area contributed by atoms with E-state index in [1.807, 2.05) is 12.1 Å². The fourth-order valence-corrected chi connectivity index (χ4v) is 2.39. The molecule has 2 rings (SSSR count). The molecule has 0 aliphatic carbocycles. The number of rotatable bonds is 6. The molecule has 19 heavy (non-hydrogen) atoms. The van der Waals surface area contributed by atoms with Gasteiger partial charge in [-0.15, -0.1) is 0 Å². The standard InChI is InChI=1S/C17H20ClN/c1-2-19-13-16(12-14-6-4-3-5-7-14)15-8-10-17(18)11-9-15/h3-11,16,19H,2,12-13H2,1H3. The van der Waals surface area contributed by atoms with Gasteiger partial charge < -0.3 is 5.32 Å². The topological polar surface area (TPSA) is 12.0 Å². The second kappa shape index (κ2) is 7.32. The number of benzene rings is 2. The highest BCUT2D eigenvalue weighted by Gasteiger charge is 2.11. The van der Waals surface area contributed by atoms with Crippen LogP contribution in [-0.2, 0) is 6.42 Å². The van der Waals surface area contributed by atoms with Gasteiger partial charge in [-0.25, -0.2) is 0 Å². The Morgan fingerprint density at radius 1 is 1.00 bits per heavy atom. The molecule has 0 heterocycles. The van der Waals surface area contributed by atoms with E-state index in [-0.39, 0.29) is 0 Å². The molecule has 1 nitrogen and oxygen atoms in total. The maximum atomic E-state index is 5.97. The third-order valence-corrected chi connectivity index (χ3v) is 3.56. The van der Waals surface area contributed by atoms with Gasteiger partial charge in [-0.05, 0) is 36.2 Å². The molecule has 0 spiro atoms. The maximum absolute atomic E-state index is 5.97. The van der Waals surface area contributed by atoms with Crippen LogP contribution < -0.4 is 5.32 Å². The zero-order valence-electron chi connectivity index (χ0n) is 11.3. The van der Waals surface area contributed by atoms with Crippen molar-refractivity contribution in [2.24, 2.45) is 0 Å². The largest absolute Gasteiger partial charge is 0.316 e. The zero-order chi connectivity index (χ0) is 13.5. The van der Waals surface area contributed by atoms with E-state index in [1.54, 1.807) is 0 Å². The monoisotopic (exact) mass is 273 g/mol. The van der Waals surface area contributed by atoms with Gasteiger partial charge in [-0.1, -0.05) is 61.0 Å². The Morgan fingerprint density at radius 3 is 2.32 bits per heavy atom. The van der Waals surface area contributed by atoms with Gasteiger partial charge in [-0.3, -0.25) is 0 Å². The first-order chi connectivity index (χ1) is 9.29. The van der Waals surface area contributed by atoms with Crippen molar-refractivity contribution in [2.75, 3.05) is 13.1 Å². The predicted molar refractivity (Wildman–Crippen MR) is 82.9 cm³/mol. The van der Waals surface area contributed by atoms with Crippen LogP contribution in [0.4, 0.5) is 0 Å². The molecule has 1 unspecified atom stereocenters. The minimum absolute atomic E-state index is 0.486. The molecular formula is C17H20ClN. The van der Waals surface area contributed by atoms with Crippen molar-refractivity contribution >= 4 is 11.6 Å². The molecule has 0 saturated heterocycles. The Bertz CT molecular complexity index is 478. The fraction of sp³-hybridized carbons (Fsp3) is 0.294. The number of nitrogens with one attached hydrogen (secondary N) is 1. The smallest absolute Gasteiger partial charge is 0.0406 e. The molecule has 1 atom stereocenters. The van der Waals surface area contributed by atoms with E-state index in [4.69, 9.17) is 11.6 Å². The summed E-state index contributed by atoms with van der Waals surface area (Å²) in [5.41, 5.74) is 2.72. The number of halogens is 1. The van der Waals surface area contributed by atoms with Gasteiger partial charge in [0.15, 0.2) is 0 Å². The fourth-order valence-electron chi connectivity index (χ4n) is 2.26. The number of hydrogen-bond acceptors (Lipinski definition) is 1. The first-order valence-corrected chi connectivity index (χ1v) is 7.17. The van der Waals surface area contributed by atoms with Crippen LogP contribution in [0.2, 0.25) is 5.02 Å². The average Bonchev–Trinajstić information content (AvgIpc) is 2.45. The molecule has 100 valence electrons. The van der Waals surface area contributed by atoms with Crippen molar-refractivity contribution in [3.8, 4) is 0 Å². The Labute approximate surface area is 120 Å². The molecule has 0 radical (unpaired) electrons. The summed E-state index contributed by atoms with van der Waals surface area (Å²) >= 11 is 5.97. The van der Waals surface area contributed by atoms with Crippen molar-refractivity contribution in [2.45, 2.75) is 19.3 Å². The van der Waals surface area contributed by atoms with Gasteiger partial charge in [0.2, 0.25) is 0 Å². The van der Waals surface area contributed by atoms with Gasteiger partial charge in [0.1, 0.15) is 0 Å². The number of hydrogen-bond donors (Lipinski definition) is 1. The van der Waals surface area contributed by atoms with Gasteiger partial charge >= 0.3 is 0 Å². The lowest BCUT2D eigenvalue weighted by atomic mass is 9.92. The van der Waals surface area contributed by atoms with Crippen LogP contribution in [0.15, 0.2) is 54.6 Å². The minimum atomic E-state index is 0.486. The van der Waals surface area contributed by atoms with E-state index in [1.165, 1.54) is 11.1 Å². The van der Waals surface area contributed by atoms with Crippen LogP contribution in [-0.4, -0.2) is 13.1 Å². The summed E-state index contributed by atoms with van der Waals surface area (Å²) in [6, 6.07) is 18.8. The lowest BCUT2D eigenvalue weighted by Crippen LogP contribution is -2.22. The van der Waals surface area contributed by atoms with Crippen LogP contribution in [0.25, 0.3) is 0 Å². The molecular weight excluding hydrogens is 254 g/mol. The molecule has 0 bridgehead atoms. The molecule has 0 aliphatic heterocycles. The van der Waals surface area contributed by atoms with Crippen molar-refractivity contribution < 1.29 is 0 Å². The van der Waals surface area contributed by atoms with Crippen molar-refractivity contribution in [1.82, 2.24) is 5.32 Å². The highest BCUT2D eigenvalue weighted by Crippen LogP contribution is 2.22. The third kappa shape index (κ3) is 4.38. The molecule has 0 aromatic heterocycles. The second-order valence-corrected chi connectivity index (χ2v) is 5.18. The first kappa shape index (κ1) is 14.1. The quantitative estimate of drug-likeness (QED) is 0.829. The summed E-state index contributed by atoms with van der Waals surface area (Å²) in [7, 11) is 0. The molecule has 0 saturated carbocycles. The van der Waals surface area contributed by atoms with Crippen LogP contribution in [0.5, 0.6) is 0 Å². The van der Waals surface area contributed by atoms with Gasteiger partial charge in [0.25, 0.3) is 0 Å². The molecule has 2 heteroatoms. The molecule has 0 amide bonds. The van der Waals surface area contributed by atoms with E-state index < -0.39 is 0 Å². The van der Waals surface area contributed by atoms with E-state index in [2.05, 4.69) is 54.7 Å². The zero-order valence-corrected chi connectivity index (χ0v) is 12.0. The van der Waals surface area contributed by atoms with E-state index >= 15 is 0 Å². The van der Waals surface area contributed by atoms with E-state index in [0.29, 0.717) is 5.92 Å². The van der Waals surface area contributed by atoms with Crippen molar-refractivity contribution in [1.29, 1.82) is 0 Å². The highest BCUT2D eigenvalue weighted by atomic mass is 35.5. The summed E-state index contributed by atoms with van der Waals surface area (Å²) < 4.78 is 0. The molecule has 1 N–H and O–H groups in total. The van der Waals surface area contributed by atoms with E-state index in [0.717, 1.165) is 24.5 Å². The molecule has 2 aromatic rings. The van der Waals surface area contributed by atoms with Crippen LogP contribution >= 0.6 is 11.6 Å². The van der Waals surface area contributed by atoms with Crippen LogP contribution in [0.3, 0.4) is 0 Å². The molecule has 0 aliphatic rings. The van der Waals surface area contributed by atoms with Gasteiger partial charge in [0, 0.05) is 17.5 Å². The molecule has 2 aromatic carbocycles. The second-order valence-electron chi connectivity index (χ2n) is 4.75. The summed E-state index contributed by atoms with van der Waals surface area (Å²) in [6.07, 6.45) is 1.05. The first-order valence-electron chi connectivity index (χ1n) is 6.79. The van der Waals surface area contributed by atoms with Gasteiger partial charge in [-0.2, -0.15) is 0 Å². The lowest BCUT2D eigenvalue weighted by molar-refractivity contribution is 0.595. The van der Waals surface area contributed by atoms with Crippen LogP contribution in [0.1, 0.15) is 24.0 Å². The van der Waals surface area contributed by atoms with Crippen molar-refractivity contribution in [3.05, 3.63) is 70.7 Å². The van der Waals surface area contributed by atoms with Gasteiger partial charge in [0.05, 0.1) is 0 Å². The summed E-state index contributed by atoms with van der Waals surface area (Å²) in [5, 5.41) is 4.25. The maximum Gasteiger partial charge on any atom is 0.0406 e. The van der Waals surface area contributed by atoms with E-state index in [9.17, 15) is 0 Å². The normalized spacial score (nSPS) is 12.3. The summed E-state index contributed by atoms with van der Waals surface area (Å²) in [4.78, 5) is 0. The summed E-state index contributed by atoms with van der Waals surface area (Å²) in [5.74, 6) is 0.486. The SMILES string of the molecule is CCNCC(Cc1ccccc1)c1ccc(Cl)cc1. The minimum Gasteiger partial charge on any atom is -0.316 e. The summed E-state index contributed by atoms with van der Waals surface area (Å²) in [6.45, 7) is 4.13. The lowest BCUT2D eigenvalue weighted by Gasteiger charge is -2.18. The predicted octanol–water partition coefficient (Wildman–Crippen LogP) is 4.28. The Kier molecular flexibility index (Phi) is 5.44.